The summed E-state index contributed by atoms with van der Waals surface area (Å²) in [5.74, 6) is -1.79. The highest BCUT2D eigenvalue weighted by molar-refractivity contribution is 5.75. The van der Waals surface area contributed by atoms with Crippen molar-refractivity contribution in [3.8, 4) is 0 Å². The van der Waals surface area contributed by atoms with Crippen LogP contribution in [0.2, 0.25) is 0 Å². The highest BCUT2D eigenvalue weighted by atomic mass is 19.1. The Kier molecular flexibility index (Phi) is 4.33. The molecular weight excluding hydrogens is 271 g/mol. The van der Waals surface area contributed by atoms with Crippen molar-refractivity contribution in [2.45, 2.75) is 25.7 Å². The van der Waals surface area contributed by atoms with E-state index >= 15 is 0 Å². The van der Waals surface area contributed by atoms with Gasteiger partial charge in [0.05, 0.1) is 6.61 Å². The number of carbonyl (C=O) groups is 1. The molecule has 0 spiro atoms. The molecule has 20 heavy (non-hydrogen) atoms. The zero-order valence-corrected chi connectivity index (χ0v) is 10.9. The molecule has 3 atom stereocenters. The van der Waals surface area contributed by atoms with E-state index in [1.54, 1.807) is 6.92 Å². The van der Waals surface area contributed by atoms with Crippen molar-refractivity contribution in [3.63, 3.8) is 0 Å². The molecule has 0 aromatic carbocycles. The third-order valence-electron chi connectivity index (χ3n) is 3.12. The Hall–Kier alpha value is -1.96. The maximum Gasteiger partial charge on any atom is 0.341 e. The second-order valence-corrected chi connectivity index (χ2v) is 4.39. The van der Waals surface area contributed by atoms with Crippen LogP contribution >= 0.6 is 0 Å². The Morgan fingerprint density at radius 3 is 3.05 bits per heavy atom. The molecule has 3 unspecified atom stereocenters. The van der Waals surface area contributed by atoms with Crippen molar-refractivity contribution < 1.29 is 18.7 Å². The molecule has 0 bridgehead atoms. The first kappa shape index (κ1) is 14.4. The van der Waals surface area contributed by atoms with E-state index in [0.29, 0.717) is 0 Å². The van der Waals surface area contributed by atoms with Crippen molar-refractivity contribution in [1.29, 1.82) is 0 Å². The van der Waals surface area contributed by atoms with E-state index in [2.05, 4.69) is 9.72 Å². The molecule has 1 aromatic rings. The lowest BCUT2D eigenvalue weighted by Gasteiger charge is -2.22. The van der Waals surface area contributed by atoms with Gasteiger partial charge in [-0.1, -0.05) is 0 Å². The van der Waals surface area contributed by atoms with E-state index in [1.165, 1.54) is 6.20 Å². The van der Waals surface area contributed by atoms with Crippen molar-refractivity contribution in [2.75, 3.05) is 13.2 Å². The Morgan fingerprint density at radius 1 is 1.65 bits per heavy atom. The fourth-order valence-electron chi connectivity index (χ4n) is 2.19. The van der Waals surface area contributed by atoms with E-state index < -0.39 is 35.5 Å². The Bertz CT molecular complexity index is 596. The maximum absolute atomic E-state index is 14.1. The summed E-state index contributed by atoms with van der Waals surface area (Å²) in [6.45, 7) is 1.89. The zero-order valence-electron chi connectivity index (χ0n) is 10.9. The van der Waals surface area contributed by atoms with Gasteiger partial charge >= 0.3 is 11.7 Å². The highest BCUT2D eigenvalue weighted by Gasteiger charge is 2.41. The van der Waals surface area contributed by atoms with Crippen molar-refractivity contribution >= 4 is 5.97 Å². The second-order valence-electron chi connectivity index (χ2n) is 4.39. The lowest BCUT2D eigenvalue weighted by atomic mass is 10.00. The summed E-state index contributed by atoms with van der Waals surface area (Å²) >= 11 is 0. The van der Waals surface area contributed by atoms with E-state index in [1.807, 2.05) is 0 Å². The molecule has 1 N–H and O–H groups in total. The van der Waals surface area contributed by atoms with Crippen LogP contribution in [0, 0.1) is 5.92 Å². The predicted molar refractivity (Wildman–Crippen MR) is 65.9 cm³/mol. The van der Waals surface area contributed by atoms with Crippen molar-refractivity contribution in [3.05, 3.63) is 33.1 Å². The molecule has 1 aromatic heterocycles. The standard InChI is InChI=1S/C12H15FN2O5/c1-2-19-11(17)9(13)7-4-6-20-10(7)15-5-3-8(16)14-12(15)18/h3,5,7,9-10H,2,4,6H2,1H3,(H,14,16,18). The fraction of sp³-hybridized carbons (Fsp3) is 0.583. The minimum absolute atomic E-state index is 0.0795. The molecule has 1 aliphatic rings. The van der Waals surface area contributed by atoms with Gasteiger partial charge in [-0.2, -0.15) is 0 Å². The van der Waals surface area contributed by atoms with Gasteiger partial charge < -0.3 is 9.47 Å². The quantitative estimate of drug-likeness (QED) is 0.785. The van der Waals surface area contributed by atoms with Gasteiger partial charge in [0.2, 0.25) is 6.17 Å². The number of aromatic nitrogens is 2. The molecule has 1 fully saturated rings. The van der Waals surface area contributed by atoms with Gasteiger partial charge in [-0.15, -0.1) is 0 Å². The van der Waals surface area contributed by atoms with Crippen LogP contribution in [0.25, 0.3) is 0 Å². The Morgan fingerprint density at radius 2 is 2.40 bits per heavy atom. The van der Waals surface area contributed by atoms with Gasteiger partial charge in [-0.25, -0.2) is 14.0 Å². The maximum atomic E-state index is 14.1. The average molecular weight is 286 g/mol. The van der Waals surface area contributed by atoms with Gasteiger partial charge in [-0.05, 0) is 13.3 Å². The number of ether oxygens (including phenoxy) is 2. The number of carbonyl (C=O) groups excluding carboxylic acids is 1. The van der Waals surface area contributed by atoms with Crippen molar-refractivity contribution in [2.24, 2.45) is 5.92 Å². The number of rotatable bonds is 4. The van der Waals surface area contributed by atoms with E-state index in [-0.39, 0.29) is 19.6 Å². The van der Waals surface area contributed by atoms with Crippen LogP contribution in [0.5, 0.6) is 0 Å². The molecule has 7 nitrogen and oxygen atoms in total. The van der Waals surface area contributed by atoms with Gasteiger partial charge in [-0.3, -0.25) is 14.3 Å². The molecule has 1 aliphatic heterocycles. The molecule has 0 saturated carbocycles. The lowest BCUT2D eigenvalue weighted by Crippen LogP contribution is -2.37. The minimum atomic E-state index is -1.87. The smallest absolute Gasteiger partial charge is 0.341 e. The van der Waals surface area contributed by atoms with E-state index in [0.717, 1.165) is 10.6 Å². The number of halogens is 1. The van der Waals surface area contributed by atoms with Gasteiger partial charge in [0.25, 0.3) is 5.56 Å². The topological polar surface area (TPSA) is 90.4 Å². The number of H-pyrrole nitrogens is 1. The first-order valence-electron chi connectivity index (χ1n) is 6.28. The molecule has 1 saturated heterocycles. The zero-order chi connectivity index (χ0) is 14.7. The van der Waals surface area contributed by atoms with Crippen LogP contribution in [0.1, 0.15) is 19.6 Å². The lowest BCUT2D eigenvalue weighted by molar-refractivity contribution is -0.153. The molecule has 110 valence electrons. The van der Waals surface area contributed by atoms with Gasteiger partial charge in [0.15, 0.2) is 0 Å². The van der Waals surface area contributed by atoms with Gasteiger partial charge in [0, 0.05) is 24.8 Å². The average Bonchev–Trinajstić information content (AvgIpc) is 2.87. The third-order valence-corrected chi connectivity index (χ3v) is 3.12. The first-order chi connectivity index (χ1) is 9.54. The summed E-state index contributed by atoms with van der Waals surface area (Å²) in [4.78, 5) is 36.2. The highest BCUT2D eigenvalue weighted by Crippen LogP contribution is 2.33. The van der Waals surface area contributed by atoms with Crippen LogP contribution in [0.3, 0.4) is 0 Å². The Balaban J connectivity index is 2.25. The molecule has 8 heteroatoms. The SMILES string of the molecule is CCOC(=O)C(F)C1CCOC1n1ccc(=O)[nH]c1=O. The number of aromatic amines is 1. The van der Waals surface area contributed by atoms with Crippen LogP contribution in [-0.2, 0) is 14.3 Å². The number of nitrogens with one attached hydrogen (secondary N) is 1. The second kappa shape index (κ2) is 6.00. The van der Waals surface area contributed by atoms with E-state index in [9.17, 15) is 18.8 Å². The summed E-state index contributed by atoms with van der Waals surface area (Å²) < 4.78 is 25.1. The fourth-order valence-corrected chi connectivity index (χ4v) is 2.19. The first-order valence-corrected chi connectivity index (χ1v) is 6.28. The Labute approximate surface area is 113 Å². The van der Waals surface area contributed by atoms with Crippen LogP contribution in [-0.4, -0.2) is 34.9 Å². The molecular formula is C12H15FN2O5. The summed E-state index contributed by atoms with van der Waals surface area (Å²) in [7, 11) is 0. The molecule has 0 radical (unpaired) electrons. The van der Waals surface area contributed by atoms with Crippen LogP contribution in [0.15, 0.2) is 21.9 Å². The van der Waals surface area contributed by atoms with Crippen LogP contribution < -0.4 is 11.2 Å². The predicted octanol–water partition coefficient (Wildman–Crippen LogP) is -0.0271. The molecule has 0 aliphatic carbocycles. The van der Waals surface area contributed by atoms with Crippen molar-refractivity contribution in [1.82, 2.24) is 9.55 Å². The van der Waals surface area contributed by atoms with Crippen LogP contribution in [0.4, 0.5) is 4.39 Å². The third kappa shape index (κ3) is 2.79. The normalized spacial score (nSPS) is 23.5. The number of esters is 1. The van der Waals surface area contributed by atoms with Gasteiger partial charge in [0.1, 0.15) is 6.23 Å². The number of alkyl halides is 1. The van der Waals surface area contributed by atoms with E-state index in [4.69, 9.17) is 4.74 Å². The summed E-state index contributed by atoms with van der Waals surface area (Å²) in [5.41, 5.74) is -1.26. The number of hydrogen-bond donors (Lipinski definition) is 1. The summed E-state index contributed by atoms with van der Waals surface area (Å²) in [6.07, 6.45) is -1.29. The summed E-state index contributed by atoms with van der Waals surface area (Å²) in [6, 6.07) is 1.14. The number of hydrogen-bond acceptors (Lipinski definition) is 5. The minimum Gasteiger partial charge on any atom is -0.464 e. The molecule has 2 rings (SSSR count). The summed E-state index contributed by atoms with van der Waals surface area (Å²) in [5, 5.41) is 0. The monoisotopic (exact) mass is 286 g/mol. The molecule has 0 amide bonds. The molecule has 2 heterocycles. The largest absolute Gasteiger partial charge is 0.464 e. The number of nitrogens with zero attached hydrogens (tertiary/aromatic N) is 1.